The van der Waals surface area contributed by atoms with Crippen LogP contribution in [0.1, 0.15) is 16.0 Å². The highest BCUT2D eigenvalue weighted by Crippen LogP contribution is 2.34. The third-order valence-corrected chi connectivity index (χ3v) is 4.93. The monoisotopic (exact) mass is 424 g/mol. The minimum Gasteiger partial charge on any atom is -0.207 e. The van der Waals surface area contributed by atoms with Crippen LogP contribution in [0.4, 0.5) is 4.39 Å². The molecule has 19 heavy (non-hydrogen) atoms. The van der Waals surface area contributed by atoms with Crippen LogP contribution in [0, 0.1) is 5.82 Å². The van der Waals surface area contributed by atoms with Gasteiger partial charge in [-0.15, -0.1) is 0 Å². The highest BCUT2D eigenvalue weighted by Gasteiger charge is 2.15. The molecule has 100 valence electrons. The van der Waals surface area contributed by atoms with Gasteiger partial charge in [-0.2, -0.15) is 0 Å². The van der Waals surface area contributed by atoms with Crippen LogP contribution in [0.25, 0.3) is 0 Å². The van der Waals surface area contributed by atoms with Crippen LogP contribution in [0.3, 0.4) is 0 Å². The van der Waals surface area contributed by atoms with Crippen LogP contribution in [0.5, 0.6) is 0 Å². The molecule has 0 nitrogen and oxygen atoms in total. The third kappa shape index (κ3) is 3.94. The van der Waals surface area contributed by atoms with Gasteiger partial charge in [-0.25, -0.2) is 4.39 Å². The zero-order valence-electron chi connectivity index (χ0n) is 9.64. The fourth-order valence-corrected chi connectivity index (χ4v) is 3.18. The molecule has 0 heterocycles. The van der Waals surface area contributed by atoms with Crippen LogP contribution in [-0.2, 0) is 6.42 Å². The fourth-order valence-electron chi connectivity index (χ4n) is 1.76. The Hall–Kier alpha value is -0.0900. The topological polar surface area (TPSA) is 0 Å². The van der Waals surface area contributed by atoms with E-state index in [-0.39, 0.29) is 10.6 Å². The van der Waals surface area contributed by atoms with Crippen LogP contribution < -0.4 is 0 Å². The molecule has 0 aliphatic carbocycles. The quantitative estimate of drug-likeness (QED) is 0.384. The molecular weight excluding hydrogens is 418 g/mol. The summed E-state index contributed by atoms with van der Waals surface area (Å²) >= 11 is 18.6. The van der Waals surface area contributed by atoms with E-state index in [9.17, 15) is 4.39 Å². The summed E-state index contributed by atoms with van der Waals surface area (Å²) in [4.78, 5) is -0.156. The molecular formula is C14H9Br2Cl2F. The van der Waals surface area contributed by atoms with Gasteiger partial charge in [-0.05, 0) is 52.2 Å². The second-order valence-corrected chi connectivity index (χ2v) is 6.89. The molecule has 0 spiro atoms. The standard InChI is InChI=1S/C14H9Br2Cl2F/c15-11(5-8-2-1-3-9(17)4-8)10-6-13(18)12(16)7-14(10)19/h1-4,6-7,11H,5H2. The normalized spacial score (nSPS) is 12.5. The summed E-state index contributed by atoms with van der Waals surface area (Å²) in [7, 11) is 0. The predicted octanol–water partition coefficient (Wildman–Crippen LogP) is 6.57. The number of rotatable bonds is 3. The van der Waals surface area contributed by atoms with Crippen molar-refractivity contribution in [3.05, 3.63) is 67.9 Å². The first-order valence-electron chi connectivity index (χ1n) is 5.50. The molecule has 5 heteroatoms. The maximum absolute atomic E-state index is 13.9. The molecule has 1 unspecified atom stereocenters. The lowest BCUT2D eigenvalue weighted by Crippen LogP contribution is -1.99. The lowest BCUT2D eigenvalue weighted by Gasteiger charge is -2.13. The molecule has 0 bridgehead atoms. The van der Waals surface area contributed by atoms with Crippen molar-refractivity contribution in [2.24, 2.45) is 0 Å². The second-order valence-electron chi connectivity index (χ2n) is 4.09. The van der Waals surface area contributed by atoms with E-state index in [0.29, 0.717) is 26.5 Å². The highest BCUT2D eigenvalue weighted by atomic mass is 79.9. The van der Waals surface area contributed by atoms with Gasteiger partial charge in [-0.3, -0.25) is 0 Å². The predicted molar refractivity (Wildman–Crippen MR) is 85.9 cm³/mol. The summed E-state index contributed by atoms with van der Waals surface area (Å²) in [6.45, 7) is 0. The third-order valence-electron chi connectivity index (χ3n) is 2.68. The zero-order chi connectivity index (χ0) is 14.0. The summed E-state index contributed by atoms with van der Waals surface area (Å²) in [6, 6.07) is 10.5. The summed E-state index contributed by atoms with van der Waals surface area (Å²) in [5.41, 5.74) is 1.57. The van der Waals surface area contributed by atoms with Gasteiger partial charge in [0.05, 0.1) is 5.02 Å². The first kappa shape index (κ1) is 15.3. The Morgan fingerprint density at radius 1 is 1.16 bits per heavy atom. The number of hydrogen-bond acceptors (Lipinski definition) is 0. The summed E-state index contributed by atoms with van der Waals surface area (Å²) in [5.74, 6) is -0.292. The smallest absolute Gasteiger partial charge is 0.128 e. The van der Waals surface area contributed by atoms with Crippen molar-refractivity contribution in [3.63, 3.8) is 0 Å². The Kier molecular flexibility index (Phi) is 5.29. The largest absolute Gasteiger partial charge is 0.207 e. The van der Waals surface area contributed by atoms with Crippen molar-refractivity contribution in [2.75, 3.05) is 0 Å². The molecule has 0 aromatic heterocycles. The summed E-state index contributed by atoms with van der Waals surface area (Å²) in [5, 5.41) is 1.17. The first-order chi connectivity index (χ1) is 8.97. The van der Waals surface area contributed by atoms with E-state index in [1.807, 2.05) is 24.3 Å². The molecule has 2 aromatic rings. The average Bonchev–Trinajstić information content (AvgIpc) is 2.33. The van der Waals surface area contributed by atoms with Gasteiger partial charge in [0, 0.05) is 19.9 Å². The van der Waals surface area contributed by atoms with E-state index >= 15 is 0 Å². The Balaban J connectivity index is 2.25. The molecule has 2 rings (SSSR count). The molecule has 0 saturated heterocycles. The van der Waals surface area contributed by atoms with Gasteiger partial charge >= 0.3 is 0 Å². The number of halogens is 5. The molecule has 0 aliphatic heterocycles. The van der Waals surface area contributed by atoms with Gasteiger partial charge in [0.1, 0.15) is 5.82 Å². The van der Waals surface area contributed by atoms with Gasteiger partial charge in [0.25, 0.3) is 0 Å². The highest BCUT2D eigenvalue weighted by molar-refractivity contribution is 9.10. The zero-order valence-corrected chi connectivity index (χ0v) is 14.3. The van der Waals surface area contributed by atoms with E-state index in [2.05, 4.69) is 31.9 Å². The Morgan fingerprint density at radius 3 is 2.58 bits per heavy atom. The molecule has 0 N–H and O–H groups in total. The van der Waals surface area contributed by atoms with Crippen LogP contribution in [-0.4, -0.2) is 0 Å². The second kappa shape index (κ2) is 6.57. The Labute approximate surface area is 138 Å². The van der Waals surface area contributed by atoms with Crippen molar-refractivity contribution in [1.29, 1.82) is 0 Å². The van der Waals surface area contributed by atoms with Crippen molar-refractivity contribution in [1.82, 2.24) is 0 Å². The van der Waals surface area contributed by atoms with Crippen molar-refractivity contribution in [3.8, 4) is 0 Å². The van der Waals surface area contributed by atoms with E-state index in [1.165, 1.54) is 6.07 Å². The maximum atomic E-state index is 13.9. The number of hydrogen-bond donors (Lipinski definition) is 0. The van der Waals surface area contributed by atoms with E-state index < -0.39 is 0 Å². The molecule has 0 aliphatic rings. The van der Waals surface area contributed by atoms with Crippen LogP contribution in [0.15, 0.2) is 40.9 Å². The van der Waals surface area contributed by atoms with Crippen molar-refractivity contribution in [2.45, 2.75) is 11.2 Å². The van der Waals surface area contributed by atoms with Gasteiger partial charge in [-0.1, -0.05) is 51.3 Å². The molecule has 1 atom stereocenters. The van der Waals surface area contributed by atoms with Crippen molar-refractivity contribution < 1.29 is 4.39 Å². The molecule has 0 radical (unpaired) electrons. The Bertz CT molecular complexity index is 602. The lowest BCUT2D eigenvalue weighted by molar-refractivity contribution is 0.607. The number of alkyl halides is 1. The van der Waals surface area contributed by atoms with E-state index in [1.54, 1.807) is 6.07 Å². The molecule has 0 saturated carbocycles. The molecule has 0 fully saturated rings. The molecule has 0 amide bonds. The number of benzene rings is 2. The maximum Gasteiger partial charge on any atom is 0.128 e. The average molecular weight is 427 g/mol. The lowest BCUT2D eigenvalue weighted by atomic mass is 10.0. The van der Waals surface area contributed by atoms with E-state index in [4.69, 9.17) is 23.2 Å². The minimum atomic E-state index is -0.292. The van der Waals surface area contributed by atoms with E-state index in [0.717, 1.165) is 5.56 Å². The first-order valence-corrected chi connectivity index (χ1v) is 7.97. The SMILES string of the molecule is Fc1cc(Br)c(Cl)cc1C(Br)Cc1cccc(Cl)c1. The van der Waals surface area contributed by atoms with Gasteiger partial charge < -0.3 is 0 Å². The summed E-state index contributed by atoms with van der Waals surface area (Å²) in [6.07, 6.45) is 0.634. The summed E-state index contributed by atoms with van der Waals surface area (Å²) < 4.78 is 14.5. The van der Waals surface area contributed by atoms with Crippen LogP contribution in [0.2, 0.25) is 10.0 Å². The minimum absolute atomic E-state index is 0.156. The van der Waals surface area contributed by atoms with Gasteiger partial charge in [0.2, 0.25) is 0 Å². The Morgan fingerprint density at radius 2 is 1.89 bits per heavy atom. The molecule has 2 aromatic carbocycles. The van der Waals surface area contributed by atoms with Crippen LogP contribution >= 0.6 is 55.1 Å². The fraction of sp³-hybridized carbons (Fsp3) is 0.143. The van der Waals surface area contributed by atoms with Crippen molar-refractivity contribution >= 4 is 55.1 Å². The van der Waals surface area contributed by atoms with Gasteiger partial charge in [0.15, 0.2) is 0 Å².